The third-order valence-corrected chi connectivity index (χ3v) is 11.6. The molecule has 11 rings (SSSR count). The molecule has 2 N–H and O–H groups in total. The van der Waals surface area contributed by atoms with Crippen molar-refractivity contribution < 1.29 is 46.1 Å². The molecule has 2 aliphatic carbocycles. The zero-order valence-corrected chi connectivity index (χ0v) is 30.1. The molecule has 4 nitrogen and oxygen atoms in total. The van der Waals surface area contributed by atoms with Crippen LogP contribution in [0.5, 0.6) is 0 Å². The Morgan fingerprint density at radius 1 is 0.434 bits per heavy atom. The molecule has 8 aromatic rings. The molecule has 0 amide bonds. The van der Waals surface area contributed by atoms with Crippen LogP contribution in [0.3, 0.4) is 0 Å². The van der Waals surface area contributed by atoms with E-state index in [1.807, 2.05) is 55.5 Å². The molecule has 8 aromatic carbocycles. The summed E-state index contributed by atoms with van der Waals surface area (Å²) in [4.78, 5) is 0. The van der Waals surface area contributed by atoms with Gasteiger partial charge in [-0.15, -0.1) is 0 Å². The van der Waals surface area contributed by atoms with Gasteiger partial charge in [0.25, 0.3) is 0 Å². The van der Waals surface area contributed by atoms with Gasteiger partial charge in [0, 0.05) is 0 Å². The molecule has 0 bridgehead atoms. The summed E-state index contributed by atoms with van der Waals surface area (Å²) in [5.74, 6) is 0. The zero-order chi connectivity index (χ0) is 36.1. The first kappa shape index (κ1) is 32.8. The van der Waals surface area contributed by atoms with Crippen molar-refractivity contribution in [2.75, 3.05) is 0 Å². The molecule has 1 aliphatic heterocycles. The van der Waals surface area contributed by atoms with Crippen molar-refractivity contribution in [2.45, 2.75) is 36.6 Å². The Kier molecular flexibility index (Phi) is 7.51. The van der Waals surface area contributed by atoms with E-state index in [0.29, 0.717) is 0 Å². The number of ether oxygens (including phenoxy) is 2. The van der Waals surface area contributed by atoms with E-state index in [9.17, 15) is 16.4 Å². The van der Waals surface area contributed by atoms with E-state index < -0.39 is 49.9 Å². The maximum absolute atomic E-state index is 13.6. The molecule has 2 atom stereocenters. The monoisotopic (exact) mass is 734 g/mol. The number of aliphatic hydroxyl groups is 2. The van der Waals surface area contributed by atoms with Crippen LogP contribution in [-0.4, -0.2) is 28.7 Å². The van der Waals surface area contributed by atoms with Gasteiger partial charge in [-0.05, 0) is 94.5 Å². The van der Waals surface area contributed by atoms with Crippen molar-refractivity contribution in [2.24, 2.45) is 0 Å². The molecule has 7 heteroatoms. The van der Waals surface area contributed by atoms with Crippen molar-refractivity contribution >= 4 is 43.1 Å². The average molecular weight is 735 g/mol. The van der Waals surface area contributed by atoms with E-state index in [-0.39, 0.29) is 0 Å². The quantitative estimate of drug-likeness (QED) is 0.174. The molecule has 0 saturated carbocycles. The summed E-state index contributed by atoms with van der Waals surface area (Å²) in [5, 5.41) is 35.8. The summed E-state index contributed by atoms with van der Waals surface area (Å²) >= 11 is -2.50. The molecule has 1 saturated heterocycles. The van der Waals surface area contributed by atoms with Crippen LogP contribution in [0.1, 0.15) is 29.2 Å². The summed E-state index contributed by atoms with van der Waals surface area (Å²) in [5.41, 5.74) is 3.74. The van der Waals surface area contributed by atoms with Crippen molar-refractivity contribution in [3.8, 4) is 22.3 Å². The third-order valence-electron chi connectivity index (χ3n) is 11.6. The van der Waals surface area contributed by atoms with Crippen LogP contribution in [0, 0.1) is 0 Å². The number of halogens is 2. The summed E-state index contributed by atoms with van der Waals surface area (Å²) in [7, 11) is 0. The third kappa shape index (κ3) is 4.45. The summed E-state index contributed by atoms with van der Waals surface area (Å²) in [6.45, 7) is 1.86. The van der Waals surface area contributed by atoms with Crippen LogP contribution in [0.15, 0.2) is 146 Å². The van der Waals surface area contributed by atoms with Crippen LogP contribution in [0.4, 0.5) is 6.18 Å². The molecule has 0 unspecified atom stereocenters. The van der Waals surface area contributed by atoms with E-state index in [4.69, 9.17) is 9.47 Å². The number of hydrogen-bond acceptors (Lipinski definition) is 4. The van der Waals surface area contributed by atoms with E-state index in [0.717, 1.165) is 87.6 Å². The van der Waals surface area contributed by atoms with Gasteiger partial charge in [0.2, 0.25) is 0 Å². The van der Waals surface area contributed by atoms with Gasteiger partial charge < -0.3 is 19.7 Å². The molecular weight excluding hydrogens is 702 g/mol. The Balaban J connectivity index is 0.00000113. The number of hydrogen-bond donors (Lipinski definition) is 2. The number of benzene rings is 8. The molecule has 0 aromatic heterocycles. The molecule has 3 aliphatic rings. The second-order valence-corrected chi connectivity index (χ2v) is 14.3. The Labute approximate surface area is 314 Å². The van der Waals surface area contributed by atoms with Crippen LogP contribution in [0.25, 0.3) is 65.3 Å². The normalized spacial score (nSPS) is 19.1. The average Bonchev–Trinajstić information content (AvgIpc) is 3.82. The van der Waals surface area contributed by atoms with Gasteiger partial charge in [-0.2, -0.15) is 0 Å². The molecule has 1 fully saturated rings. The topological polar surface area (TPSA) is 58.9 Å². The second kappa shape index (κ2) is 12.1. The SMILES string of the molecule is CC1O[C@@H](C2(O)c3ccc4ccccc4c3-c3c2ccc2ccccc32)[C@H](C2(O)c3ccc4ccccc4c3-c3c2ccc2ccccc32)O1.[F][Ti][F]. The molecule has 258 valence electrons. The molecule has 0 radical (unpaired) electrons. The predicted molar refractivity (Wildman–Crippen MR) is 201 cm³/mol. The van der Waals surface area contributed by atoms with Crippen LogP contribution < -0.4 is 0 Å². The van der Waals surface area contributed by atoms with Gasteiger partial charge >= 0.3 is 26.4 Å². The maximum atomic E-state index is 13.6. The Bertz CT molecular complexity index is 2420. The second-order valence-electron chi connectivity index (χ2n) is 14.1. The first-order valence-corrected chi connectivity index (χ1v) is 18.9. The fourth-order valence-electron chi connectivity index (χ4n) is 9.56. The van der Waals surface area contributed by atoms with Crippen molar-refractivity contribution in [1.29, 1.82) is 0 Å². The zero-order valence-electron chi connectivity index (χ0n) is 28.6. The standard InChI is InChI=1S/C46H32O4.2FH.Ti/c1-26-49-43(45(47)35-22-18-27-10-2-6-14-31(27)39(35)40-32-15-7-3-11-28(32)19-23-36(40)45)44(50-26)46(48)37-24-20-29-12-4-8-16-33(29)41(37)42-34-17-9-5-13-30(34)21-25-38(42)46;;;/h2-26,43-44,47-48H,1H3;2*1H;/q;;;+2/p-2/t43-,44-;;;/m1.../s1. The first-order valence-electron chi connectivity index (χ1n) is 17.7. The van der Waals surface area contributed by atoms with E-state index in [2.05, 4.69) is 97.1 Å². The van der Waals surface area contributed by atoms with Crippen LogP contribution >= 0.6 is 0 Å². The van der Waals surface area contributed by atoms with Crippen LogP contribution in [0.2, 0.25) is 0 Å². The van der Waals surface area contributed by atoms with E-state index in [1.54, 1.807) is 0 Å². The summed E-state index contributed by atoms with van der Waals surface area (Å²) in [6, 6.07) is 49.8. The molecule has 1 heterocycles. The predicted octanol–water partition coefficient (Wildman–Crippen LogP) is 10.4. The Hall–Kier alpha value is -4.79. The fraction of sp³-hybridized carbons (Fsp3) is 0.130. The first-order chi connectivity index (χ1) is 25.9. The van der Waals surface area contributed by atoms with Crippen molar-refractivity contribution in [3.05, 3.63) is 168 Å². The summed E-state index contributed by atoms with van der Waals surface area (Å²) in [6.07, 6.45) is -2.59. The number of rotatable bonds is 2. The minimum absolute atomic E-state index is 0.681. The minimum atomic E-state index is -2.50. The van der Waals surface area contributed by atoms with Crippen LogP contribution in [-0.2, 0) is 40.9 Å². The van der Waals surface area contributed by atoms with E-state index >= 15 is 0 Å². The van der Waals surface area contributed by atoms with Gasteiger partial charge in [0.05, 0.1) is 0 Å². The van der Waals surface area contributed by atoms with Gasteiger partial charge in [0.1, 0.15) is 23.4 Å². The van der Waals surface area contributed by atoms with Crippen molar-refractivity contribution in [3.63, 3.8) is 0 Å². The number of fused-ring (bicyclic) bond motifs is 14. The van der Waals surface area contributed by atoms with Gasteiger partial charge in [-0.1, -0.05) is 146 Å². The molecule has 0 spiro atoms. The Morgan fingerprint density at radius 2 is 0.679 bits per heavy atom. The summed E-state index contributed by atoms with van der Waals surface area (Å²) < 4.78 is 33.0. The van der Waals surface area contributed by atoms with E-state index in [1.165, 1.54) is 0 Å². The van der Waals surface area contributed by atoms with Gasteiger partial charge in [0.15, 0.2) is 6.29 Å². The Morgan fingerprint density at radius 3 is 0.943 bits per heavy atom. The van der Waals surface area contributed by atoms with Gasteiger partial charge in [-0.3, -0.25) is 0 Å². The molecule has 53 heavy (non-hydrogen) atoms. The fourth-order valence-corrected chi connectivity index (χ4v) is 9.56. The van der Waals surface area contributed by atoms with Gasteiger partial charge in [-0.25, -0.2) is 0 Å². The van der Waals surface area contributed by atoms with Crippen molar-refractivity contribution in [1.82, 2.24) is 0 Å². The molecular formula is C46H32F2O4Ti.